The van der Waals surface area contributed by atoms with E-state index in [0.29, 0.717) is 10.0 Å². The summed E-state index contributed by atoms with van der Waals surface area (Å²) in [5.41, 5.74) is 3.96. The van der Waals surface area contributed by atoms with Gasteiger partial charge in [0.05, 0.1) is 16.1 Å². The van der Waals surface area contributed by atoms with Crippen LogP contribution in [0.1, 0.15) is 43.7 Å². The molecule has 0 aromatic heterocycles. The summed E-state index contributed by atoms with van der Waals surface area (Å²) in [5, 5.41) is 1.18. The Labute approximate surface area is 131 Å². The summed E-state index contributed by atoms with van der Waals surface area (Å²) in [7, 11) is 4.24. The first kappa shape index (κ1) is 16.1. The van der Waals surface area contributed by atoms with Gasteiger partial charge in [-0.3, -0.25) is 11.3 Å². The Morgan fingerprint density at radius 3 is 2.40 bits per heavy atom. The first-order valence-corrected chi connectivity index (χ1v) is 7.86. The molecule has 0 saturated heterocycles. The highest BCUT2D eigenvalue weighted by Gasteiger charge is 2.42. The summed E-state index contributed by atoms with van der Waals surface area (Å²) in [6, 6.07) is 5.73. The van der Waals surface area contributed by atoms with Gasteiger partial charge in [-0.15, -0.1) is 0 Å². The molecule has 5 heteroatoms. The Kier molecular flexibility index (Phi) is 5.32. The van der Waals surface area contributed by atoms with Gasteiger partial charge in [0.2, 0.25) is 0 Å². The number of nitrogens with one attached hydrogen (secondary N) is 1. The van der Waals surface area contributed by atoms with Gasteiger partial charge >= 0.3 is 0 Å². The Hall–Kier alpha value is -0.320. The van der Waals surface area contributed by atoms with Crippen molar-refractivity contribution in [2.45, 2.75) is 43.7 Å². The number of nitrogens with zero attached hydrogens (tertiary/aromatic N) is 1. The molecule has 0 amide bonds. The van der Waals surface area contributed by atoms with Crippen LogP contribution in [0, 0.1) is 0 Å². The number of hydrogen-bond donors (Lipinski definition) is 2. The topological polar surface area (TPSA) is 41.3 Å². The lowest BCUT2D eigenvalue weighted by Crippen LogP contribution is -2.56. The standard InChI is InChI=1S/C15H23Cl2N3/c1-20(2)15(9-4-3-5-10-15)14(19-18)11-7-6-8-12(16)13(11)17/h6-8,14,19H,3-5,9-10,18H2,1-2H3. The molecule has 20 heavy (non-hydrogen) atoms. The van der Waals surface area contributed by atoms with Crippen molar-refractivity contribution in [3.8, 4) is 0 Å². The SMILES string of the molecule is CN(C)C1(C(NN)c2cccc(Cl)c2Cl)CCCCC1. The van der Waals surface area contributed by atoms with Crippen LogP contribution in [-0.4, -0.2) is 24.5 Å². The van der Waals surface area contributed by atoms with Gasteiger partial charge in [-0.1, -0.05) is 54.6 Å². The predicted molar refractivity (Wildman–Crippen MR) is 86.0 cm³/mol. The van der Waals surface area contributed by atoms with Gasteiger partial charge in [-0.05, 0) is 38.6 Å². The number of hydrazine groups is 1. The summed E-state index contributed by atoms with van der Waals surface area (Å²) in [4.78, 5) is 2.29. The Bertz CT molecular complexity index is 456. The van der Waals surface area contributed by atoms with E-state index in [1.54, 1.807) is 0 Å². The molecule has 1 saturated carbocycles. The van der Waals surface area contributed by atoms with Gasteiger partial charge in [-0.2, -0.15) is 0 Å². The van der Waals surface area contributed by atoms with E-state index in [4.69, 9.17) is 29.0 Å². The Morgan fingerprint density at radius 1 is 1.20 bits per heavy atom. The molecular weight excluding hydrogens is 293 g/mol. The van der Waals surface area contributed by atoms with E-state index < -0.39 is 0 Å². The van der Waals surface area contributed by atoms with Crippen molar-refractivity contribution in [2.24, 2.45) is 5.84 Å². The molecule has 0 radical (unpaired) electrons. The molecule has 1 aliphatic rings. The number of nitrogens with two attached hydrogens (primary N) is 1. The molecule has 2 rings (SSSR count). The van der Waals surface area contributed by atoms with Crippen LogP contribution in [0.5, 0.6) is 0 Å². The van der Waals surface area contributed by atoms with Crippen LogP contribution in [0.15, 0.2) is 18.2 Å². The average Bonchev–Trinajstić information content (AvgIpc) is 2.45. The lowest BCUT2D eigenvalue weighted by atomic mass is 9.73. The summed E-state index contributed by atoms with van der Waals surface area (Å²) >= 11 is 12.6. The van der Waals surface area contributed by atoms with Crippen molar-refractivity contribution < 1.29 is 0 Å². The number of hydrogen-bond acceptors (Lipinski definition) is 3. The quantitative estimate of drug-likeness (QED) is 0.656. The molecule has 1 aromatic rings. The number of likely N-dealkylation sites (N-methyl/N-ethyl adjacent to an activating group) is 1. The number of benzene rings is 1. The average molecular weight is 316 g/mol. The molecule has 1 unspecified atom stereocenters. The van der Waals surface area contributed by atoms with Crippen molar-refractivity contribution >= 4 is 23.2 Å². The third-order valence-electron chi connectivity index (χ3n) is 4.61. The lowest BCUT2D eigenvalue weighted by molar-refractivity contribution is 0.0564. The monoisotopic (exact) mass is 315 g/mol. The van der Waals surface area contributed by atoms with Crippen molar-refractivity contribution in [1.29, 1.82) is 0 Å². The third kappa shape index (κ3) is 2.83. The van der Waals surface area contributed by atoms with Gasteiger partial charge in [0.15, 0.2) is 0 Å². The third-order valence-corrected chi connectivity index (χ3v) is 5.44. The van der Waals surface area contributed by atoms with Gasteiger partial charge < -0.3 is 4.90 Å². The molecular formula is C15H23Cl2N3. The fourth-order valence-electron chi connectivity index (χ4n) is 3.44. The molecule has 1 atom stereocenters. The molecule has 1 aromatic carbocycles. The van der Waals surface area contributed by atoms with Gasteiger partial charge in [0.25, 0.3) is 0 Å². The van der Waals surface area contributed by atoms with E-state index in [-0.39, 0.29) is 11.6 Å². The normalized spacial score (nSPS) is 20.1. The fraction of sp³-hybridized carbons (Fsp3) is 0.600. The zero-order valence-electron chi connectivity index (χ0n) is 12.1. The highest BCUT2D eigenvalue weighted by molar-refractivity contribution is 6.42. The van der Waals surface area contributed by atoms with E-state index in [0.717, 1.165) is 18.4 Å². The van der Waals surface area contributed by atoms with Crippen molar-refractivity contribution in [3.05, 3.63) is 33.8 Å². The van der Waals surface area contributed by atoms with Crippen LogP contribution in [0.3, 0.4) is 0 Å². The maximum atomic E-state index is 6.41. The highest BCUT2D eigenvalue weighted by Crippen LogP contribution is 2.44. The summed E-state index contributed by atoms with van der Waals surface area (Å²) < 4.78 is 0. The maximum Gasteiger partial charge on any atom is 0.0658 e. The first-order chi connectivity index (χ1) is 9.53. The van der Waals surface area contributed by atoms with Crippen LogP contribution < -0.4 is 11.3 Å². The molecule has 112 valence electrons. The lowest BCUT2D eigenvalue weighted by Gasteiger charge is -2.48. The Morgan fingerprint density at radius 2 is 1.85 bits per heavy atom. The predicted octanol–water partition coefficient (Wildman–Crippen LogP) is 3.76. The largest absolute Gasteiger partial charge is 0.302 e. The highest BCUT2D eigenvalue weighted by atomic mass is 35.5. The van der Waals surface area contributed by atoms with Crippen LogP contribution in [0.2, 0.25) is 10.0 Å². The Balaban J connectivity index is 2.45. The molecule has 1 fully saturated rings. The maximum absolute atomic E-state index is 6.41. The summed E-state index contributed by atoms with van der Waals surface area (Å²) in [6.07, 6.45) is 5.94. The minimum Gasteiger partial charge on any atom is -0.302 e. The van der Waals surface area contributed by atoms with E-state index in [9.17, 15) is 0 Å². The van der Waals surface area contributed by atoms with E-state index in [1.165, 1.54) is 19.3 Å². The second kappa shape index (κ2) is 6.63. The molecule has 0 aliphatic heterocycles. The minimum atomic E-state index is -0.0241. The first-order valence-electron chi connectivity index (χ1n) is 7.10. The number of rotatable bonds is 4. The van der Waals surface area contributed by atoms with Crippen LogP contribution >= 0.6 is 23.2 Å². The van der Waals surface area contributed by atoms with Crippen LogP contribution in [0.25, 0.3) is 0 Å². The van der Waals surface area contributed by atoms with Crippen LogP contribution in [0.4, 0.5) is 0 Å². The molecule has 1 aliphatic carbocycles. The smallest absolute Gasteiger partial charge is 0.0658 e. The van der Waals surface area contributed by atoms with Crippen LogP contribution in [-0.2, 0) is 0 Å². The zero-order chi connectivity index (χ0) is 14.8. The molecule has 0 heterocycles. The van der Waals surface area contributed by atoms with Gasteiger partial charge in [-0.25, -0.2) is 0 Å². The second-order valence-electron chi connectivity index (χ2n) is 5.80. The summed E-state index contributed by atoms with van der Waals surface area (Å²) in [5.74, 6) is 5.90. The van der Waals surface area contributed by atoms with Gasteiger partial charge in [0, 0.05) is 5.54 Å². The van der Waals surface area contributed by atoms with E-state index in [1.807, 2.05) is 18.2 Å². The molecule has 3 nitrogen and oxygen atoms in total. The van der Waals surface area contributed by atoms with Gasteiger partial charge in [0.1, 0.15) is 0 Å². The molecule has 0 spiro atoms. The van der Waals surface area contributed by atoms with E-state index in [2.05, 4.69) is 24.4 Å². The molecule has 3 N–H and O–H groups in total. The van der Waals surface area contributed by atoms with E-state index >= 15 is 0 Å². The number of halogens is 2. The second-order valence-corrected chi connectivity index (χ2v) is 6.59. The zero-order valence-corrected chi connectivity index (χ0v) is 13.6. The summed E-state index contributed by atoms with van der Waals surface area (Å²) in [6.45, 7) is 0. The van der Waals surface area contributed by atoms with Crippen molar-refractivity contribution in [1.82, 2.24) is 10.3 Å². The fourth-order valence-corrected chi connectivity index (χ4v) is 3.85. The van der Waals surface area contributed by atoms with Crippen molar-refractivity contribution in [2.75, 3.05) is 14.1 Å². The van der Waals surface area contributed by atoms with Crippen molar-refractivity contribution in [3.63, 3.8) is 0 Å². The minimum absolute atomic E-state index is 0.0126. The molecule has 0 bridgehead atoms.